The number of nitriles is 1. The molecule has 7 nitrogen and oxygen atoms in total. The van der Waals surface area contributed by atoms with Crippen LogP contribution in [0.2, 0.25) is 10.0 Å². The Hall–Kier alpha value is -3.33. The summed E-state index contributed by atoms with van der Waals surface area (Å²) < 4.78 is 53.1. The lowest BCUT2D eigenvalue weighted by Crippen LogP contribution is -2.09. The first kappa shape index (κ1) is 26.3. The number of nitrogens with two attached hydrogens (primary N) is 1. The van der Waals surface area contributed by atoms with E-state index in [1.807, 2.05) is 47.3 Å². The third kappa shape index (κ3) is 5.85. The Kier molecular flexibility index (Phi) is 8.22. The summed E-state index contributed by atoms with van der Waals surface area (Å²) in [7, 11) is -1.60. The van der Waals surface area contributed by atoms with Gasteiger partial charge in [0.25, 0.3) is 0 Å². The van der Waals surface area contributed by atoms with Crippen molar-refractivity contribution < 1.29 is 17.4 Å². The minimum absolute atomic E-state index is 0.00738. The monoisotopic (exact) mass is 540 g/mol. The number of aromatic nitrogens is 4. The van der Waals surface area contributed by atoms with Crippen LogP contribution in [0.5, 0.6) is 0 Å². The van der Waals surface area contributed by atoms with Gasteiger partial charge in [-0.15, -0.1) is 0 Å². The van der Waals surface area contributed by atoms with Crippen molar-refractivity contribution in [3.8, 4) is 17.4 Å². The van der Waals surface area contributed by atoms with Gasteiger partial charge in [-0.05, 0) is 30.3 Å². The van der Waals surface area contributed by atoms with Crippen molar-refractivity contribution in [2.24, 2.45) is 0 Å². The molecule has 1 unspecified atom stereocenters. The molecule has 0 fully saturated rings. The van der Waals surface area contributed by atoms with Crippen LogP contribution in [0.4, 0.5) is 19.0 Å². The van der Waals surface area contributed by atoms with Crippen LogP contribution in [0.25, 0.3) is 11.4 Å². The molecule has 0 bridgehead atoms. The Balaban J connectivity index is 0.000000256. The van der Waals surface area contributed by atoms with Crippen molar-refractivity contribution in [1.82, 2.24) is 19.6 Å². The first-order chi connectivity index (χ1) is 16.6. The first-order valence-electron chi connectivity index (χ1n) is 9.87. The van der Waals surface area contributed by atoms with Crippen LogP contribution in [0.15, 0.2) is 65.8 Å². The highest BCUT2D eigenvalue weighted by Gasteiger charge is 2.33. The number of benzene rings is 2. The molecule has 35 heavy (non-hydrogen) atoms. The quantitative estimate of drug-likeness (QED) is 0.360. The second kappa shape index (κ2) is 10.9. The zero-order valence-corrected chi connectivity index (χ0v) is 20.3. The van der Waals surface area contributed by atoms with E-state index < -0.39 is 22.5 Å². The summed E-state index contributed by atoms with van der Waals surface area (Å²) in [5.41, 5.74) is 5.59. The van der Waals surface area contributed by atoms with Crippen LogP contribution >= 0.6 is 23.2 Å². The van der Waals surface area contributed by atoms with Crippen LogP contribution < -0.4 is 5.73 Å². The van der Waals surface area contributed by atoms with E-state index in [0.29, 0.717) is 12.1 Å². The Morgan fingerprint density at radius 2 is 1.77 bits per heavy atom. The van der Waals surface area contributed by atoms with Gasteiger partial charge >= 0.3 is 6.18 Å². The molecule has 0 spiro atoms. The summed E-state index contributed by atoms with van der Waals surface area (Å²) in [5, 5.41) is 16.4. The predicted molar refractivity (Wildman–Crippen MR) is 128 cm³/mol. The maximum absolute atomic E-state index is 12.8. The molecule has 2 heterocycles. The summed E-state index contributed by atoms with van der Waals surface area (Å²) in [6, 6.07) is 15.0. The highest BCUT2D eigenvalue weighted by atomic mass is 35.5. The Morgan fingerprint density at radius 3 is 2.26 bits per heavy atom. The van der Waals surface area contributed by atoms with Gasteiger partial charge in [0, 0.05) is 18.1 Å². The molecule has 0 saturated carbocycles. The smallest absolute Gasteiger partial charge is 0.383 e. The van der Waals surface area contributed by atoms with Crippen molar-refractivity contribution in [3.63, 3.8) is 0 Å². The van der Waals surface area contributed by atoms with E-state index in [4.69, 9.17) is 34.2 Å². The van der Waals surface area contributed by atoms with E-state index in [0.717, 1.165) is 10.4 Å². The Labute approximate surface area is 210 Å². The predicted octanol–water partition coefficient (Wildman–Crippen LogP) is 5.65. The number of nitrogen functional groups attached to an aromatic ring is 1. The zero-order valence-electron chi connectivity index (χ0n) is 18.0. The van der Waals surface area contributed by atoms with Crippen LogP contribution in [-0.2, 0) is 17.0 Å². The highest BCUT2D eigenvalue weighted by Crippen LogP contribution is 2.39. The van der Waals surface area contributed by atoms with Gasteiger partial charge in [-0.1, -0.05) is 48.3 Å². The molecule has 2 N–H and O–H groups in total. The normalized spacial score (nSPS) is 11.9. The fourth-order valence-corrected chi connectivity index (χ4v) is 4.52. The molecular formula is C22H17Cl2F3N6OS. The Morgan fingerprint density at radius 1 is 1.14 bits per heavy atom. The van der Waals surface area contributed by atoms with Gasteiger partial charge in [-0.2, -0.15) is 28.6 Å². The van der Waals surface area contributed by atoms with Crippen molar-refractivity contribution in [3.05, 3.63) is 82.2 Å². The molecule has 4 aromatic rings. The highest BCUT2D eigenvalue weighted by molar-refractivity contribution is 7.85. The summed E-state index contributed by atoms with van der Waals surface area (Å²) in [6.45, 7) is 1.62. The average molecular weight is 541 g/mol. The maximum Gasteiger partial charge on any atom is 0.416 e. The molecule has 0 aliphatic carbocycles. The number of anilines is 1. The number of nitrogens with zero attached hydrogens (tertiary/aromatic N) is 5. The number of rotatable bonds is 4. The number of hydrogen-bond donors (Lipinski definition) is 1. The summed E-state index contributed by atoms with van der Waals surface area (Å²) in [6.07, 6.45) is -0.934. The standard InChI is InChI=1S/C13H9Cl2F3N4OS.C9H8N2/c1-2-24(23)11-9(5-19)21-22(12(11)20)10-7(14)3-6(4-8(10)15)13(16,17)18;1-2-5-9(6-3-1)11-8-4-7-10-11/h3-4H,2,20H2,1H3;1-8H. The fraction of sp³-hybridized carbons (Fsp3) is 0.136. The van der Waals surface area contributed by atoms with E-state index in [9.17, 15) is 17.4 Å². The van der Waals surface area contributed by atoms with Gasteiger partial charge in [-0.3, -0.25) is 4.21 Å². The first-order valence-corrected chi connectivity index (χ1v) is 11.9. The van der Waals surface area contributed by atoms with Crippen molar-refractivity contribution in [1.29, 1.82) is 5.26 Å². The minimum Gasteiger partial charge on any atom is -0.383 e. The lowest BCUT2D eigenvalue weighted by molar-refractivity contribution is -0.137. The second-order valence-electron chi connectivity index (χ2n) is 6.79. The minimum atomic E-state index is -4.63. The molecule has 0 saturated heterocycles. The Bertz CT molecular complexity index is 1360. The molecule has 0 radical (unpaired) electrons. The molecule has 13 heteroatoms. The molecule has 182 valence electrons. The van der Waals surface area contributed by atoms with Crippen molar-refractivity contribution in [2.75, 3.05) is 11.5 Å². The number of alkyl halides is 3. The number of para-hydroxylation sites is 1. The summed E-state index contributed by atoms with van der Waals surface area (Å²) in [4.78, 5) is -0.00738. The lowest BCUT2D eigenvalue weighted by Gasteiger charge is -2.13. The van der Waals surface area contributed by atoms with Gasteiger partial charge < -0.3 is 5.73 Å². The van der Waals surface area contributed by atoms with E-state index in [1.54, 1.807) is 19.2 Å². The molecular weight excluding hydrogens is 524 g/mol. The van der Waals surface area contributed by atoms with Gasteiger partial charge in [0.15, 0.2) is 5.69 Å². The van der Waals surface area contributed by atoms with Crippen LogP contribution in [0.3, 0.4) is 0 Å². The van der Waals surface area contributed by atoms with E-state index in [-0.39, 0.29) is 37.9 Å². The maximum atomic E-state index is 12.8. The third-order valence-corrected chi connectivity index (χ3v) is 6.51. The summed E-state index contributed by atoms with van der Waals surface area (Å²) >= 11 is 11.8. The molecule has 1 atom stereocenters. The fourth-order valence-electron chi connectivity index (χ4n) is 2.96. The van der Waals surface area contributed by atoms with Gasteiger partial charge in [0.2, 0.25) is 0 Å². The average Bonchev–Trinajstić information content (AvgIpc) is 3.47. The topological polar surface area (TPSA) is 103 Å². The molecule has 4 rings (SSSR count). The lowest BCUT2D eigenvalue weighted by atomic mass is 10.2. The van der Waals surface area contributed by atoms with Gasteiger partial charge in [0.1, 0.15) is 22.5 Å². The second-order valence-corrected chi connectivity index (χ2v) is 9.28. The number of halogens is 5. The van der Waals surface area contributed by atoms with Crippen molar-refractivity contribution in [2.45, 2.75) is 18.0 Å². The van der Waals surface area contributed by atoms with Crippen LogP contribution in [0.1, 0.15) is 18.2 Å². The molecule has 0 aliphatic heterocycles. The van der Waals surface area contributed by atoms with Crippen LogP contribution in [-0.4, -0.2) is 29.5 Å². The molecule has 0 aliphatic rings. The largest absolute Gasteiger partial charge is 0.416 e. The third-order valence-electron chi connectivity index (χ3n) is 4.55. The molecule has 0 amide bonds. The van der Waals surface area contributed by atoms with Gasteiger partial charge in [-0.25, -0.2) is 9.36 Å². The number of hydrogen-bond acceptors (Lipinski definition) is 5. The van der Waals surface area contributed by atoms with E-state index in [2.05, 4.69) is 10.2 Å². The SMILES string of the molecule is CCS(=O)c1c(C#N)nn(-c2c(Cl)cc(C(F)(F)F)cc2Cl)c1N.c1ccc(-n2cccn2)cc1. The van der Waals surface area contributed by atoms with Crippen LogP contribution in [0, 0.1) is 11.3 Å². The molecule has 2 aromatic carbocycles. The van der Waals surface area contributed by atoms with Crippen molar-refractivity contribution >= 4 is 39.8 Å². The molecule has 2 aromatic heterocycles. The van der Waals surface area contributed by atoms with Gasteiger partial charge in [0.05, 0.1) is 32.1 Å². The zero-order chi connectivity index (χ0) is 25.8. The summed E-state index contributed by atoms with van der Waals surface area (Å²) in [5.74, 6) is 0.00859. The van der Waals surface area contributed by atoms with E-state index >= 15 is 0 Å². The van der Waals surface area contributed by atoms with E-state index in [1.165, 1.54) is 0 Å².